The van der Waals surface area contributed by atoms with Crippen LogP contribution in [0, 0.1) is 0 Å². The number of hydrogen-bond donors (Lipinski definition) is 0. The summed E-state index contributed by atoms with van der Waals surface area (Å²) in [6, 6.07) is 0. The molecule has 0 aliphatic heterocycles. The quantitative estimate of drug-likeness (QED) is 0.379. The zero-order valence-corrected chi connectivity index (χ0v) is 9.52. The molecule has 78 valence electrons. The van der Waals surface area contributed by atoms with Gasteiger partial charge in [-0.3, -0.25) is 0 Å². The maximum atomic E-state index is 3.66. The summed E-state index contributed by atoms with van der Waals surface area (Å²) in [5.74, 6) is 0. The molecule has 0 heteroatoms. The highest BCUT2D eigenvalue weighted by Gasteiger charge is 1.81. The van der Waals surface area contributed by atoms with Gasteiger partial charge in [-0.15, -0.1) is 13.2 Å². The summed E-state index contributed by atoms with van der Waals surface area (Å²) in [5.41, 5.74) is 0. The highest BCUT2D eigenvalue weighted by Crippen LogP contribution is 2.01. The lowest BCUT2D eigenvalue weighted by Crippen LogP contribution is -1.71. The third kappa shape index (κ3) is 24.6. The summed E-state index contributed by atoms with van der Waals surface area (Å²) in [6.07, 6.45) is 12.9. The van der Waals surface area contributed by atoms with Crippen LogP contribution < -0.4 is 0 Å². The summed E-state index contributed by atoms with van der Waals surface area (Å²) in [4.78, 5) is 0. The lowest BCUT2D eigenvalue weighted by Gasteiger charge is -1.91. The van der Waals surface area contributed by atoms with E-state index in [2.05, 4.69) is 27.0 Å². The Kier molecular flexibility index (Phi) is 20.2. The van der Waals surface area contributed by atoms with Crippen LogP contribution in [0.5, 0.6) is 0 Å². The number of hydrogen-bond acceptors (Lipinski definition) is 0. The second kappa shape index (κ2) is 17.5. The fourth-order valence-electron chi connectivity index (χ4n) is 0.920. The van der Waals surface area contributed by atoms with Crippen molar-refractivity contribution in [2.75, 3.05) is 0 Å². The molecule has 0 amide bonds. The van der Waals surface area contributed by atoms with Crippen molar-refractivity contribution < 1.29 is 0 Å². The third-order valence-corrected chi connectivity index (χ3v) is 1.75. The van der Waals surface area contributed by atoms with Crippen molar-refractivity contribution in [3.63, 3.8) is 0 Å². The molecular weight excluding hydrogens is 156 g/mol. The Hall–Kier alpha value is -0.520. The van der Waals surface area contributed by atoms with Crippen LogP contribution in [0.1, 0.15) is 58.8 Å². The molecule has 13 heavy (non-hydrogen) atoms. The minimum atomic E-state index is 1.15. The Morgan fingerprint density at radius 1 is 0.769 bits per heavy atom. The normalized spacial score (nSPS) is 8.46. The van der Waals surface area contributed by atoms with Crippen molar-refractivity contribution in [3.05, 3.63) is 25.3 Å². The molecule has 0 aromatic carbocycles. The summed E-state index contributed by atoms with van der Waals surface area (Å²) in [7, 11) is 0. The van der Waals surface area contributed by atoms with Crippen LogP contribution in [0.3, 0.4) is 0 Å². The number of allylic oxidation sites excluding steroid dienone is 2. The number of unbranched alkanes of at least 4 members (excludes halogenated alkanes) is 5. The van der Waals surface area contributed by atoms with Gasteiger partial charge in [0.2, 0.25) is 0 Å². The molecular formula is C13H26. The van der Waals surface area contributed by atoms with Crippen molar-refractivity contribution >= 4 is 0 Å². The van der Waals surface area contributed by atoms with Crippen molar-refractivity contribution in [1.82, 2.24) is 0 Å². The van der Waals surface area contributed by atoms with E-state index >= 15 is 0 Å². The molecule has 0 N–H and O–H groups in total. The number of rotatable bonds is 7. The smallest absolute Gasteiger partial charge is 0.0353 e. The van der Waals surface area contributed by atoms with E-state index in [4.69, 9.17) is 0 Å². The molecule has 0 aromatic rings. The Morgan fingerprint density at radius 2 is 1.38 bits per heavy atom. The highest BCUT2D eigenvalue weighted by molar-refractivity contribution is 4.65. The van der Waals surface area contributed by atoms with E-state index in [1.165, 1.54) is 38.5 Å². The fraction of sp³-hybridized carbons (Fsp3) is 0.692. The van der Waals surface area contributed by atoms with Crippen LogP contribution in [0.4, 0.5) is 0 Å². The predicted molar refractivity (Wildman–Crippen MR) is 64.1 cm³/mol. The first-order chi connectivity index (χ1) is 6.33. The van der Waals surface area contributed by atoms with Gasteiger partial charge in [0.25, 0.3) is 0 Å². The molecule has 0 spiro atoms. The van der Waals surface area contributed by atoms with Gasteiger partial charge in [0.15, 0.2) is 0 Å². The van der Waals surface area contributed by atoms with Gasteiger partial charge in [-0.2, -0.15) is 0 Å². The van der Waals surface area contributed by atoms with E-state index in [0.717, 1.165) is 6.42 Å². The van der Waals surface area contributed by atoms with Crippen LogP contribution in [0.2, 0.25) is 0 Å². The van der Waals surface area contributed by atoms with Gasteiger partial charge >= 0.3 is 0 Å². The van der Waals surface area contributed by atoms with Crippen LogP contribution in [-0.4, -0.2) is 0 Å². The van der Waals surface area contributed by atoms with E-state index in [-0.39, 0.29) is 0 Å². The van der Waals surface area contributed by atoms with Crippen LogP contribution >= 0.6 is 0 Å². The molecule has 0 heterocycles. The van der Waals surface area contributed by atoms with Gasteiger partial charge in [-0.05, 0) is 19.3 Å². The monoisotopic (exact) mass is 182 g/mol. The molecule has 0 atom stereocenters. The standard InChI is InChI=1S/C8H16.C5H10/c1-3-5-7-8-6-4-2;1-3-5-4-2/h3H,1,4-8H2,2H3;3H,1,4-5H2,2H3. The first-order valence-corrected chi connectivity index (χ1v) is 5.55. The van der Waals surface area contributed by atoms with E-state index < -0.39 is 0 Å². The Morgan fingerprint density at radius 3 is 1.69 bits per heavy atom. The van der Waals surface area contributed by atoms with Gasteiger partial charge in [0.05, 0.1) is 0 Å². The Labute approximate surface area is 84.7 Å². The van der Waals surface area contributed by atoms with Gasteiger partial charge in [-0.25, -0.2) is 0 Å². The molecule has 0 radical (unpaired) electrons. The zero-order valence-electron chi connectivity index (χ0n) is 9.52. The second-order valence-corrected chi connectivity index (χ2v) is 3.22. The van der Waals surface area contributed by atoms with Gasteiger partial charge in [-0.1, -0.05) is 51.7 Å². The largest absolute Gasteiger partial charge is 0.103 e. The maximum Gasteiger partial charge on any atom is -0.0353 e. The predicted octanol–water partition coefficient (Wildman–Crippen LogP) is 5.12. The molecule has 0 saturated heterocycles. The SMILES string of the molecule is C=CCCC.C=CCCCCCC. The molecule has 0 bridgehead atoms. The summed E-state index contributed by atoms with van der Waals surface area (Å²) >= 11 is 0. The average molecular weight is 182 g/mol. The Bertz CT molecular complexity index is 92.2. The van der Waals surface area contributed by atoms with Crippen molar-refractivity contribution in [1.29, 1.82) is 0 Å². The zero-order chi connectivity index (χ0) is 10.4. The summed E-state index contributed by atoms with van der Waals surface area (Å²) in [5, 5.41) is 0. The topological polar surface area (TPSA) is 0 Å². The summed E-state index contributed by atoms with van der Waals surface area (Å²) in [6.45, 7) is 11.6. The van der Waals surface area contributed by atoms with Crippen LogP contribution in [-0.2, 0) is 0 Å². The van der Waals surface area contributed by atoms with Gasteiger partial charge in [0.1, 0.15) is 0 Å². The van der Waals surface area contributed by atoms with Gasteiger partial charge in [0, 0.05) is 0 Å². The van der Waals surface area contributed by atoms with E-state index in [1.54, 1.807) is 0 Å². The van der Waals surface area contributed by atoms with Crippen molar-refractivity contribution in [2.45, 2.75) is 58.8 Å². The van der Waals surface area contributed by atoms with E-state index in [9.17, 15) is 0 Å². The van der Waals surface area contributed by atoms with Crippen LogP contribution in [0.25, 0.3) is 0 Å². The van der Waals surface area contributed by atoms with E-state index in [0.29, 0.717) is 0 Å². The molecule has 0 nitrogen and oxygen atoms in total. The van der Waals surface area contributed by atoms with Crippen molar-refractivity contribution in [2.24, 2.45) is 0 Å². The lowest BCUT2D eigenvalue weighted by molar-refractivity contribution is 0.675. The van der Waals surface area contributed by atoms with E-state index in [1.807, 2.05) is 12.2 Å². The molecule has 0 aromatic heterocycles. The maximum absolute atomic E-state index is 3.66. The molecule has 0 saturated carbocycles. The molecule has 0 rings (SSSR count). The van der Waals surface area contributed by atoms with Crippen LogP contribution in [0.15, 0.2) is 25.3 Å². The molecule has 0 unspecified atom stereocenters. The minimum Gasteiger partial charge on any atom is -0.103 e. The minimum absolute atomic E-state index is 1.15. The lowest BCUT2D eigenvalue weighted by atomic mass is 10.2. The highest BCUT2D eigenvalue weighted by atomic mass is 13.9. The first kappa shape index (κ1) is 15.0. The molecule has 0 fully saturated rings. The fourth-order valence-corrected chi connectivity index (χ4v) is 0.920. The first-order valence-electron chi connectivity index (χ1n) is 5.55. The molecule has 0 aliphatic rings. The van der Waals surface area contributed by atoms with Crippen molar-refractivity contribution in [3.8, 4) is 0 Å². The summed E-state index contributed by atoms with van der Waals surface area (Å²) < 4.78 is 0. The third-order valence-electron chi connectivity index (χ3n) is 1.75. The average Bonchev–Trinajstić information content (AvgIpc) is 2.15. The second-order valence-electron chi connectivity index (χ2n) is 3.22. The Balaban J connectivity index is 0. The molecule has 0 aliphatic carbocycles. The van der Waals surface area contributed by atoms with Gasteiger partial charge < -0.3 is 0 Å².